The first-order chi connectivity index (χ1) is 5.21. The standard InChI is InChI=1S/C9H18O2/c1-8(10)9(11-2)6-4-3-5-7-9/h8,10H,3-7H2,1-2H3. The van der Waals surface area contributed by atoms with Crippen LogP contribution in [0.4, 0.5) is 0 Å². The summed E-state index contributed by atoms with van der Waals surface area (Å²) >= 11 is 0. The molecular formula is C9H18O2. The molecule has 0 saturated heterocycles. The van der Waals surface area contributed by atoms with Gasteiger partial charge < -0.3 is 9.84 Å². The number of hydrogen-bond donors (Lipinski definition) is 1. The third-order valence-electron chi connectivity index (χ3n) is 2.87. The molecule has 1 atom stereocenters. The van der Waals surface area contributed by atoms with Gasteiger partial charge in [-0.15, -0.1) is 0 Å². The molecule has 1 rings (SSSR count). The quantitative estimate of drug-likeness (QED) is 0.663. The predicted octanol–water partition coefficient (Wildman–Crippen LogP) is 1.72. The highest BCUT2D eigenvalue weighted by atomic mass is 16.5. The van der Waals surface area contributed by atoms with E-state index in [0.29, 0.717) is 0 Å². The molecule has 66 valence electrons. The minimum atomic E-state index is -0.326. The minimum Gasteiger partial charge on any atom is -0.390 e. The summed E-state index contributed by atoms with van der Waals surface area (Å²) in [5, 5.41) is 9.50. The first-order valence-corrected chi connectivity index (χ1v) is 4.44. The van der Waals surface area contributed by atoms with Crippen molar-refractivity contribution < 1.29 is 9.84 Å². The maximum Gasteiger partial charge on any atom is 0.0933 e. The maximum atomic E-state index is 9.50. The van der Waals surface area contributed by atoms with Gasteiger partial charge in [-0.2, -0.15) is 0 Å². The molecular weight excluding hydrogens is 140 g/mol. The van der Waals surface area contributed by atoms with E-state index < -0.39 is 0 Å². The van der Waals surface area contributed by atoms with Crippen LogP contribution in [0.1, 0.15) is 39.0 Å². The van der Waals surface area contributed by atoms with Crippen LogP contribution in [0.2, 0.25) is 0 Å². The van der Waals surface area contributed by atoms with Crippen LogP contribution < -0.4 is 0 Å². The Kier molecular flexibility index (Phi) is 2.90. The summed E-state index contributed by atoms with van der Waals surface area (Å²) < 4.78 is 5.39. The van der Waals surface area contributed by atoms with E-state index in [1.807, 2.05) is 6.92 Å². The molecule has 1 fully saturated rings. The molecule has 1 N–H and O–H groups in total. The fraction of sp³-hybridized carbons (Fsp3) is 1.00. The lowest BCUT2D eigenvalue weighted by Crippen LogP contribution is -2.44. The van der Waals surface area contributed by atoms with Crippen LogP contribution in [0.25, 0.3) is 0 Å². The van der Waals surface area contributed by atoms with Crippen molar-refractivity contribution >= 4 is 0 Å². The highest BCUT2D eigenvalue weighted by Crippen LogP contribution is 2.33. The van der Waals surface area contributed by atoms with E-state index in [0.717, 1.165) is 12.8 Å². The Bertz CT molecular complexity index is 115. The second-order valence-electron chi connectivity index (χ2n) is 3.51. The average Bonchev–Trinajstić information content (AvgIpc) is 2.05. The van der Waals surface area contributed by atoms with Gasteiger partial charge in [0, 0.05) is 7.11 Å². The van der Waals surface area contributed by atoms with Crippen molar-refractivity contribution in [1.29, 1.82) is 0 Å². The summed E-state index contributed by atoms with van der Waals surface area (Å²) in [6, 6.07) is 0. The van der Waals surface area contributed by atoms with Gasteiger partial charge in [-0.1, -0.05) is 19.3 Å². The van der Waals surface area contributed by atoms with E-state index in [1.165, 1.54) is 19.3 Å². The van der Waals surface area contributed by atoms with Gasteiger partial charge in [0.25, 0.3) is 0 Å². The van der Waals surface area contributed by atoms with E-state index in [9.17, 15) is 5.11 Å². The van der Waals surface area contributed by atoms with Crippen molar-refractivity contribution in [3.63, 3.8) is 0 Å². The maximum absolute atomic E-state index is 9.50. The second-order valence-corrected chi connectivity index (χ2v) is 3.51. The zero-order valence-corrected chi connectivity index (χ0v) is 7.47. The van der Waals surface area contributed by atoms with Crippen molar-refractivity contribution in [3.8, 4) is 0 Å². The highest BCUT2D eigenvalue weighted by Gasteiger charge is 2.36. The van der Waals surface area contributed by atoms with Crippen molar-refractivity contribution in [2.24, 2.45) is 0 Å². The van der Waals surface area contributed by atoms with Crippen LogP contribution in [-0.2, 0) is 4.74 Å². The average molecular weight is 158 g/mol. The number of hydrogen-bond acceptors (Lipinski definition) is 2. The Morgan fingerprint density at radius 3 is 2.09 bits per heavy atom. The van der Waals surface area contributed by atoms with Gasteiger partial charge in [-0.3, -0.25) is 0 Å². The molecule has 0 spiro atoms. The number of aliphatic hydroxyl groups is 1. The van der Waals surface area contributed by atoms with Crippen LogP contribution in [0.5, 0.6) is 0 Å². The van der Waals surface area contributed by atoms with Gasteiger partial charge in [-0.25, -0.2) is 0 Å². The van der Waals surface area contributed by atoms with Gasteiger partial charge >= 0.3 is 0 Å². The zero-order valence-electron chi connectivity index (χ0n) is 7.47. The van der Waals surface area contributed by atoms with Crippen LogP contribution in [0.3, 0.4) is 0 Å². The summed E-state index contributed by atoms with van der Waals surface area (Å²) in [6.45, 7) is 1.83. The SMILES string of the molecule is COC1(C(C)O)CCCCC1. The Morgan fingerprint density at radius 1 is 1.27 bits per heavy atom. The third kappa shape index (κ3) is 1.74. The summed E-state index contributed by atoms with van der Waals surface area (Å²) in [5.74, 6) is 0. The lowest BCUT2D eigenvalue weighted by Gasteiger charge is -2.38. The molecule has 0 aromatic carbocycles. The Balaban J connectivity index is 2.57. The Labute approximate surface area is 68.6 Å². The lowest BCUT2D eigenvalue weighted by molar-refractivity contribution is -0.115. The fourth-order valence-corrected chi connectivity index (χ4v) is 1.94. The Morgan fingerprint density at radius 2 is 1.82 bits per heavy atom. The van der Waals surface area contributed by atoms with Gasteiger partial charge in [0.15, 0.2) is 0 Å². The third-order valence-corrected chi connectivity index (χ3v) is 2.87. The van der Waals surface area contributed by atoms with Gasteiger partial charge in [0.1, 0.15) is 0 Å². The summed E-state index contributed by atoms with van der Waals surface area (Å²) in [4.78, 5) is 0. The first kappa shape index (κ1) is 9.01. The van der Waals surface area contributed by atoms with Crippen LogP contribution in [0, 0.1) is 0 Å². The van der Waals surface area contributed by atoms with Crippen molar-refractivity contribution in [2.45, 2.75) is 50.7 Å². The first-order valence-electron chi connectivity index (χ1n) is 4.44. The fourth-order valence-electron chi connectivity index (χ4n) is 1.94. The van der Waals surface area contributed by atoms with E-state index >= 15 is 0 Å². The zero-order chi connectivity index (χ0) is 8.32. The Hall–Kier alpha value is -0.0800. The molecule has 11 heavy (non-hydrogen) atoms. The normalized spacial score (nSPS) is 26.5. The summed E-state index contributed by atoms with van der Waals surface area (Å²) in [5.41, 5.74) is -0.224. The van der Waals surface area contributed by atoms with E-state index in [1.54, 1.807) is 7.11 Å². The molecule has 0 radical (unpaired) electrons. The predicted molar refractivity (Wildman–Crippen MR) is 44.5 cm³/mol. The largest absolute Gasteiger partial charge is 0.390 e. The summed E-state index contributed by atoms with van der Waals surface area (Å²) in [7, 11) is 1.71. The molecule has 0 aromatic rings. The molecule has 1 aliphatic carbocycles. The van der Waals surface area contributed by atoms with Crippen molar-refractivity contribution in [3.05, 3.63) is 0 Å². The van der Waals surface area contributed by atoms with Crippen molar-refractivity contribution in [2.75, 3.05) is 7.11 Å². The highest BCUT2D eigenvalue weighted by molar-refractivity contribution is 4.88. The second kappa shape index (κ2) is 3.55. The number of aliphatic hydroxyl groups excluding tert-OH is 1. The molecule has 1 aliphatic rings. The van der Waals surface area contributed by atoms with E-state index in [2.05, 4.69) is 0 Å². The van der Waals surface area contributed by atoms with Crippen molar-refractivity contribution in [1.82, 2.24) is 0 Å². The van der Waals surface area contributed by atoms with Gasteiger partial charge in [0.2, 0.25) is 0 Å². The molecule has 2 heteroatoms. The number of rotatable bonds is 2. The molecule has 1 unspecified atom stereocenters. The molecule has 0 heterocycles. The van der Waals surface area contributed by atoms with Crippen LogP contribution >= 0.6 is 0 Å². The summed E-state index contributed by atoms with van der Waals surface area (Å²) in [6.07, 6.45) is 5.38. The molecule has 0 aliphatic heterocycles. The smallest absolute Gasteiger partial charge is 0.0933 e. The van der Waals surface area contributed by atoms with Gasteiger partial charge in [-0.05, 0) is 19.8 Å². The lowest BCUT2D eigenvalue weighted by atomic mass is 9.81. The van der Waals surface area contributed by atoms with Crippen LogP contribution in [-0.4, -0.2) is 23.9 Å². The number of ether oxygens (including phenoxy) is 1. The number of methoxy groups -OCH3 is 1. The van der Waals surface area contributed by atoms with Gasteiger partial charge in [0.05, 0.1) is 11.7 Å². The minimum absolute atomic E-state index is 0.224. The molecule has 0 amide bonds. The van der Waals surface area contributed by atoms with Crippen LogP contribution in [0.15, 0.2) is 0 Å². The molecule has 2 nitrogen and oxygen atoms in total. The molecule has 0 aromatic heterocycles. The molecule has 0 bridgehead atoms. The van der Waals surface area contributed by atoms with E-state index in [-0.39, 0.29) is 11.7 Å². The topological polar surface area (TPSA) is 29.5 Å². The monoisotopic (exact) mass is 158 g/mol. The molecule has 1 saturated carbocycles. The van der Waals surface area contributed by atoms with E-state index in [4.69, 9.17) is 4.74 Å².